The predicted molar refractivity (Wildman–Crippen MR) is 233 cm³/mol. The zero-order valence-electron chi connectivity index (χ0n) is 37.2. The van der Waals surface area contributed by atoms with Gasteiger partial charge in [0, 0.05) is 43.0 Å². The van der Waals surface area contributed by atoms with Crippen molar-refractivity contribution >= 4 is 37.2 Å². The molecule has 1 fully saturated rings. The number of likely N-dealkylation sites (tertiary alicyclic amines) is 1. The number of aromatic nitrogens is 6. The van der Waals surface area contributed by atoms with Crippen LogP contribution in [0.5, 0.6) is 34.8 Å². The van der Waals surface area contributed by atoms with E-state index < -0.39 is 25.4 Å². The highest BCUT2D eigenvalue weighted by Crippen LogP contribution is 2.49. The molecule has 1 aliphatic heterocycles. The van der Waals surface area contributed by atoms with Gasteiger partial charge in [-0.1, -0.05) is 0 Å². The van der Waals surface area contributed by atoms with E-state index in [1.165, 1.54) is 55.8 Å². The number of anilines is 1. The van der Waals surface area contributed by atoms with Gasteiger partial charge in [-0.2, -0.15) is 5.10 Å². The van der Waals surface area contributed by atoms with Crippen LogP contribution in [0.15, 0.2) is 73.4 Å². The van der Waals surface area contributed by atoms with E-state index in [1.54, 1.807) is 55.3 Å². The molecule has 1 N–H and O–H groups in total. The van der Waals surface area contributed by atoms with Crippen molar-refractivity contribution in [2.45, 2.75) is 66.5 Å². The first-order valence-corrected chi connectivity index (χ1v) is 22.2. The van der Waals surface area contributed by atoms with Crippen molar-refractivity contribution in [1.29, 1.82) is 0 Å². The third-order valence-corrected chi connectivity index (χ3v) is 10.4. The number of hydrogen-bond acceptors (Lipinski definition) is 18. The molecule has 2 amide bonds. The molecule has 1 aliphatic rings. The van der Waals surface area contributed by atoms with Gasteiger partial charge in [-0.05, 0) is 72.2 Å². The Kier molecular flexibility index (Phi) is 17.4. The number of nitrogens with zero attached hydrogens (tertiary/aromatic N) is 7. The molecule has 0 atom stereocenters. The Morgan fingerprint density at radius 1 is 0.692 bits per heavy atom. The summed E-state index contributed by atoms with van der Waals surface area (Å²) in [6, 6.07) is 11.0. The van der Waals surface area contributed by atoms with Gasteiger partial charge in [-0.25, -0.2) is 29.5 Å². The summed E-state index contributed by atoms with van der Waals surface area (Å²) in [5.74, 6) is 0.257. The standard InChI is InChI=1S/C26H33N6O7P.C17H18N2O6/c1-5-36-40(35,37-6-2)17-32-11-8-23(30-32)29-25(33)19-12-20(38-18(3)4)14-21(13-19)39-24-16-27-22(15-28-24)26(34)31-9-7-10-31;1-10(2)24-12-5-11(16(20)22-3)6-13(7-12)25-15-9-18-14(8-19-15)17(21)23-4/h8,11-16,18H,5-7,9-10,17H2,1-4H3,(H,29,30,33);5-10H,1-4H3. The number of esters is 2. The fourth-order valence-corrected chi connectivity index (χ4v) is 7.21. The average molecular weight is 919 g/mol. The lowest BCUT2D eigenvalue weighted by Gasteiger charge is -2.30. The molecule has 3 aromatic heterocycles. The van der Waals surface area contributed by atoms with Gasteiger partial charge in [0.15, 0.2) is 11.5 Å². The molecule has 0 unspecified atom stereocenters. The van der Waals surface area contributed by atoms with E-state index in [0.717, 1.165) is 6.42 Å². The largest absolute Gasteiger partial charge is 0.491 e. The Bertz CT molecular complexity index is 2450. The molecule has 22 heteroatoms. The number of carbonyl (C=O) groups is 4. The van der Waals surface area contributed by atoms with Crippen molar-refractivity contribution in [3.63, 3.8) is 0 Å². The van der Waals surface area contributed by atoms with Crippen LogP contribution in [0.4, 0.5) is 5.82 Å². The third-order valence-electron chi connectivity index (χ3n) is 8.50. The fraction of sp³-hybridized carbons (Fsp3) is 0.372. The lowest BCUT2D eigenvalue weighted by atomic mass is 10.2. The molecule has 0 spiro atoms. The number of rotatable bonds is 19. The minimum absolute atomic E-state index is 0.0574. The molecule has 2 aromatic carbocycles. The lowest BCUT2D eigenvalue weighted by Crippen LogP contribution is -2.42. The Morgan fingerprint density at radius 2 is 1.22 bits per heavy atom. The van der Waals surface area contributed by atoms with Crippen LogP contribution in [0.3, 0.4) is 0 Å². The monoisotopic (exact) mass is 918 g/mol. The fourth-order valence-electron chi connectivity index (χ4n) is 5.67. The summed E-state index contributed by atoms with van der Waals surface area (Å²) in [7, 11) is -0.830. The number of benzene rings is 2. The maximum absolute atomic E-state index is 13.1. The smallest absolute Gasteiger partial charge is 0.358 e. The summed E-state index contributed by atoms with van der Waals surface area (Å²) in [4.78, 5) is 66.6. The van der Waals surface area contributed by atoms with E-state index >= 15 is 0 Å². The number of ether oxygens (including phenoxy) is 6. The number of hydrogen-bond donors (Lipinski definition) is 1. The van der Waals surface area contributed by atoms with E-state index in [-0.39, 0.29) is 77.7 Å². The maximum Gasteiger partial charge on any atom is 0.358 e. The van der Waals surface area contributed by atoms with E-state index in [0.29, 0.717) is 36.1 Å². The van der Waals surface area contributed by atoms with Gasteiger partial charge in [-0.15, -0.1) is 0 Å². The van der Waals surface area contributed by atoms with Crippen molar-refractivity contribution in [2.24, 2.45) is 0 Å². The second-order valence-electron chi connectivity index (χ2n) is 14.3. The first-order valence-electron chi connectivity index (χ1n) is 20.4. The molecular weight excluding hydrogens is 867 g/mol. The highest BCUT2D eigenvalue weighted by molar-refractivity contribution is 7.52. The zero-order chi connectivity index (χ0) is 47.1. The second kappa shape index (κ2) is 23.1. The highest BCUT2D eigenvalue weighted by Gasteiger charge is 2.26. The number of amides is 2. The molecule has 6 rings (SSSR count). The van der Waals surface area contributed by atoms with Crippen LogP contribution in [-0.2, 0) is 29.4 Å². The summed E-state index contributed by atoms with van der Waals surface area (Å²) >= 11 is 0. The molecule has 4 heterocycles. The van der Waals surface area contributed by atoms with Gasteiger partial charge in [0.25, 0.3) is 11.8 Å². The topological polar surface area (TPSA) is 244 Å². The normalized spacial score (nSPS) is 12.1. The SMILES string of the molecule is CCOP(=O)(Cn1ccc(NC(=O)c2cc(Oc3cnc(C(=O)N4CCC4)cn3)cc(OC(C)C)c2)n1)OCC.COC(=O)c1cc(Oc2cnc(C(=O)OC)cn2)cc(OC(C)C)c1. The van der Waals surface area contributed by atoms with Crippen molar-refractivity contribution in [3.05, 3.63) is 96.0 Å². The second-order valence-corrected chi connectivity index (χ2v) is 16.3. The summed E-state index contributed by atoms with van der Waals surface area (Å²) in [5, 5.41) is 6.99. The number of carbonyl (C=O) groups excluding carboxylic acids is 4. The third kappa shape index (κ3) is 14.5. The van der Waals surface area contributed by atoms with E-state index in [4.69, 9.17) is 32.7 Å². The van der Waals surface area contributed by atoms with E-state index in [9.17, 15) is 23.7 Å². The van der Waals surface area contributed by atoms with E-state index in [1.807, 2.05) is 27.7 Å². The van der Waals surface area contributed by atoms with Crippen molar-refractivity contribution < 1.29 is 61.2 Å². The van der Waals surface area contributed by atoms with Gasteiger partial charge in [-0.3, -0.25) is 18.8 Å². The van der Waals surface area contributed by atoms with Crippen LogP contribution in [0.25, 0.3) is 0 Å². The Morgan fingerprint density at radius 3 is 1.69 bits per heavy atom. The number of nitrogens with one attached hydrogen (secondary N) is 1. The molecule has 0 bridgehead atoms. The minimum atomic E-state index is -3.37. The molecule has 65 heavy (non-hydrogen) atoms. The molecule has 0 saturated carbocycles. The first kappa shape index (κ1) is 49.1. The molecule has 346 valence electrons. The number of methoxy groups -OCH3 is 2. The van der Waals surface area contributed by atoms with Crippen LogP contribution in [-0.4, -0.2) is 111 Å². The van der Waals surface area contributed by atoms with Gasteiger partial charge in [0.2, 0.25) is 11.8 Å². The van der Waals surface area contributed by atoms with Gasteiger partial charge in [0.05, 0.1) is 70.0 Å². The van der Waals surface area contributed by atoms with Crippen LogP contribution in [0.1, 0.15) is 89.7 Å². The summed E-state index contributed by atoms with van der Waals surface area (Å²) in [5.41, 5.74) is 0.814. The predicted octanol–water partition coefficient (Wildman–Crippen LogP) is 7.20. The van der Waals surface area contributed by atoms with Crippen LogP contribution >= 0.6 is 7.60 Å². The van der Waals surface area contributed by atoms with Crippen LogP contribution in [0, 0.1) is 0 Å². The average Bonchev–Trinajstić information content (AvgIpc) is 3.68. The van der Waals surface area contributed by atoms with Gasteiger partial charge >= 0.3 is 19.5 Å². The van der Waals surface area contributed by atoms with Gasteiger partial charge in [0.1, 0.15) is 35.0 Å². The molecule has 0 aliphatic carbocycles. The lowest BCUT2D eigenvalue weighted by molar-refractivity contribution is 0.0587. The maximum atomic E-state index is 13.1. The Labute approximate surface area is 375 Å². The molecule has 0 radical (unpaired) electrons. The van der Waals surface area contributed by atoms with Crippen molar-refractivity contribution in [3.8, 4) is 34.8 Å². The van der Waals surface area contributed by atoms with Crippen LogP contribution in [0.2, 0.25) is 0 Å². The van der Waals surface area contributed by atoms with Gasteiger partial charge < -0.3 is 47.7 Å². The summed E-state index contributed by atoms with van der Waals surface area (Å²) in [6.07, 6.45) is 7.46. The summed E-state index contributed by atoms with van der Waals surface area (Å²) in [6.45, 7) is 12.8. The minimum Gasteiger partial charge on any atom is -0.491 e. The molecule has 1 saturated heterocycles. The molecule has 5 aromatic rings. The zero-order valence-corrected chi connectivity index (χ0v) is 38.1. The summed E-state index contributed by atoms with van der Waals surface area (Å²) < 4.78 is 56.9. The van der Waals surface area contributed by atoms with Crippen LogP contribution < -0.4 is 24.3 Å². The Hall–Kier alpha value is -6.96. The highest BCUT2D eigenvalue weighted by atomic mass is 31.2. The Balaban J connectivity index is 0.000000273. The van der Waals surface area contributed by atoms with Crippen molar-refractivity contribution in [1.82, 2.24) is 34.6 Å². The molecule has 21 nitrogen and oxygen atoms in total. The van der Waals surface area contributed by atoms with Crippen molar-refractivity contribution in [2.75, 3.05) is 45.8 Å². The van der Waals surface area contributed by atoms with E-state index in [2.05, 4.69) is 35.1 Å². The molecular formula is C43H51N8O13P. The quantitative estimate of drug-likeness (QED) is 0.0635. The first-order chi connectivity index (χ1) is 31.1.